The minimum Gasteiger partial charge on any atom is -0.481 e. The highest BCUT2D eigenvalue weighted by Gasteiger charge is 2.22. The summed E-state index contributed by atoms with van der Waals surface area (Å²) in [6, 6.07) is 22.7. The van der Waals surface area contributed by atoms with Crippen LogP contribution in [0.2, 0.25) is 0 Å². The summed E-state index contributed by atoms with van der Waals surface area (Å²) in [7, 11) is 0. The normalized spacial score (nSPS) is 11.4. The average molecular weight is 447 g/mol. The van der Waals surface area contributed by atoms with Gasteiger partial charge in [-0.3, -0.25) is 14.4 Å². The van der Waals surface area contributed by atoms with Gasteiger partial charge in [-0.15, -0.1) is 0 Å². The maximum Gasteiger partial charge on any atom is 0.303 e. The van der Waals surface area contributed by atoms with Crippen molar-refractivity contribution in [1.29, 1.82) is 0 Å². The zero-order chi connectivity index (χ0) is 23.6. The Labute approximate surface area is 192 Å². The minimum atomic E-state index is -1.04. The molecule has 0 saturated carbocycles. The predicted molar refractivity (Wildman–Crippen MR) is 124 cm³/mol. The second-order valence-corrected chi connectivity index (χ2v) is 7.60. The number of aliphatic carboxylic acids is 1. The van der Waals surface area contributed by atoms with Crippen LogP contribution in [-0.2, 0) is 22.7 Å². The van der Waals surface area contributed by atoms with Crippen molar-refractivity contribution in [2.45, 2.75) is 32.0 Å². The van der Waals surface area contributed by atoms with E-state index in [2.05, 4.69) is 10.6 Å². The summed E-state index contributed by atoms with van der Waals surface area (Å²) in [5.41, 5.74) is 3.83. The van der Waals surface area contributed by atoms with Crippen LogP contribution in [0.15, 0.2) is 78.9 Å². The highest BCUT2D eigenvalue weighted by atomic mass is 16.4. The first-order valence-electron chi connectivity index (χ1n) is 10.6. The number of aliphatic hydroxyl groups excluding tert-OH is 1. The molecule has 3 aromatic carbocycles. The van der Waals surface area contributed by atoms with E-state index in [0.29, 0.717) is 5.56 Å². The molecular weight excluding hydrogens is 420 g/mol. The smallest absolute Gasteiger partial charge is 0.303 e. The summed E-state index contributed by atoms with van der Waals surface area (Å²) >= 11 is 0. The number of hydrogen-bond acceptors (Lipinski definition) is 4. The molecule has 1 atom stereocenters. The van der Waals surface area contributed by atoms with Crippen LogP contribution < -0.4 is 10.6 Å². The monoisotopic (exact) mass is 446 g/mol. The highest BCUT2D eigenvalue weighted by Crippen LogP contribution is 2.21. The van der Waals surface area contributed by atoms with Gasteiger partial charge >= 0.3 is 5.97 Å². The highest BCUT2D eigenvalue weighted by molar-refractivity contribution is 5.98. The van der Waals surface area contributed by atoms with E-state index in [1.54, 1.807) is 24.3 Å². The molecule has 0 bridgehead atoms. The van der Waals surface area contributed by atoms with Crippen molar-refractivity contribution < 1.29 is 24.6 Å². The molecule has 170 valence electrons. The molecule has 0 radical (unpaired) electrons. The molecule has 2 amide bonds. The molecule has 0 saturated heterocycles. The zero-order valence-electron chi connectivity index (χ0n) is 18.0. The van der Waals surface area contributed by atoms with Crippen LogP contribution in [0.3, 0.4) is 0 Å². The summed E-state index contributed by atoms with van der Waals surface area (Å²) in [4.78, 5) is 36.4. The molecule has 7 heteroatoms. The van der Waals surface area contributed by atoms with Crippen molar-refractivity contribution >= 4 is 17.8 Å². The van der Waals surface area contributed by atoms with Crippen molar-refractivity contribution in [3.8, 4) is 11.1 Å². The number of nitrogens with one attached hydrogen (secondary N) is 2. The Morgan fingerprint density at radius 1 is 0.818 bits per heavy atom. The van der Waals surface area contributed by atoms with Crippen LogP contribution in [0.4, 0.5) is 0 Å². The quantitative estimate of drug-likeness (QED) is 0.382. The van der Waals surface area contributed by atoms with Crippen molar-refractivity contribution in [3.05, 3.63) is 95.6 Å². The van der Waals surface area contributed by atoms with Crippen molar-refractivity contribution in [1.82, 2.24) is 10.6 Å². The summed E-state index contributed by atoms with van der Waals surface area (Å²) < 4.78 is 0. The number of hydrogen-bond donors (Lipinski definition) is 4. The molecule has 0 aromatic heterocycles. The summed E-state index contributed by atoms with van der Waals surface area (Å²) in [5.74, 6) is -1.94. The SMILES string of the molecule is O=C(O)CC[C@H](NC(=O)c1ccc(-c2cccc(CO)c2)cc1)C(=O)NCc1ccccc1. The van der Waals surface area contributed by atoms with Gasteiger partial charge in [0.15, 0.2) is 0 Å². The second kappa shape index (κ2) is 11.6. The van der Waals surface area contributed by atoms with Crippen molar-refractivity contribution in [2.24, 2.45) is 0 Å². The third-order valence-electron chi connectivity index (χ3n) is 5.17. The lowest BCUT2D eigenvalue weighted by atomic mass is 10.0. The Balaban J connectivity index is 1.67. The fourth-order valence-corrected chi connectivity index (χ4v) is 3.35. The molecule has 4 N–H and O–H groups in total. The van der Waals surface area contributed by atoms with E-state index in [1.165, 1.54) is 0 Å². The Morgan fingerprint density at radius 3 is 2.18 bits per heavy atom. The summed E-state index contributed by atoms with van der Waals surface area (Å²) in [5, 5.41) is 23.7. The maximum atomic E-state index is 12.8. The Morgan fingerprint density at radius 2 is 1.52 bits per heavy atom. The molecule has 3 rings (SSSR count). The number of amides is 2. The van der Waals surface area contributed by atoms with Gasteiger partial charge in [0.1, 0.15) is 6.04 Å². The van der Waals surface area contributed by atoms with Crippen LogP contribution in [0.5, 0.6) is 0 Å². The van der Waals surface area contributed by atoms with Crippen molar-refractivity contribution in [2.75, 3.05) is 0 Å². The van der Waals surface area contributed by atoms with E-state index in [1.807, 2.05) is 54.6 Å². The zero-order valence-corrected chi connectivity index (χ0v) is 18.0. The standard InChI is InChI=1S/C26H26N2O5/c29-17-19-7-4-8-22(15-19)20-9-11-21(12-10-20)25(32)28-23(13-14-24(30)31)26(33)27-16-18-5-2-1-3-6-18/h1-12,15,23,29H,13-14,16-17H2,(H,27,33)(H,28,32)(H,30,31)/t23-/m0/s1. The van der Waals surface area contributed by atoms with E-state index in [9.17, 15) is 19.5 Å². The van der Waals surface area contributed by atoms with E-state index in [0.717, 1.165) is 22.3 Å². The van der Waals surface area contributed by atoms with Crippen molar-refractivity contribution in [3.63, 3.8) is 0 Å². The Hall–Kier alpha value is -3.97. The van der Waals surface area contributed by atoms with E-state index < -0.39 is 23.8 Å². The summed E-state index contributed by atoms with van der Waals surface area (Å²) in [6.07, 6.45) is -0.266. The third-order valence-corrected chi connectivity index (χ3v) is 5.17. The maximum absolute atomic E-state index is 12.8. The Kier molecular flexibility index (Phi) is 8.32. The Bertz CT molecular complexity index is 1100. The van der Waals surface area contributed by atoms with E-state index in [-0.39, 0.29) is 26.0 Å². The molecule has 0 aliphatic heterocycles. The number of carbonyl (C=O) groups is 3. The van der Waals surface area contributed by atoms with Crippen LogP contribution >= 0.6 is 0 Å². The molecule has 7 nitrogen and oxygen atoms in total. The largest absolute Gasteiger partial charge is 0.481 e. The van der Waals surface area contributed by atoms with E-state index >= 15 is 0 Å². The molecule has 0 aliphatic carbocycles. The molecule has 0 unspecified atom stereocenters. The van der Waals surface area contributed by atoms with Gasteiger partial charge in [-0.1, -0.05) is 60.7 Å². The second-order valence-electron chi connectivity index (χ2n) is 7.60. The number of aliphatic hydroxyl groups is 1. The van der Waals surface area contributed by atoms with Gasteiger partial charge in [-0.25, -0.2) is 0 Å². The molecule has 0 heterocycles. The summed E-state index contributed by atoms with van der Waals surface area (Å²) in [6.45, 7) is 0.221. The van der Waals surface area contributed by atoms with Gasteiger partial charge in [0, 0.05) is 18.5 Å². The molecule has 0 fully saturated rings. The van der Waals surface area contributed by atoms with Gasteiger partial charge in [0.2, 0.25) is 5.91 Å². The number of carbonyl (C=O) groups excluding carboxylic acids is 2. The molecule has 3 aromatic rings. The van der Waals surface area contributed by atoms with Gasteiger partial charge in [0.25, 0.3) is 5.91 Å². The first-order valence-corrected chi connectivity index (χ1v) is 10.6. The number of benzene rings is 3. The first-order chi connectivity index (χ1) is 16.0. The molecule has 0 aliphatic rings. The lowest BCUT2D eigenvalue weighted by Gasteiger charge is -2.18. The van der Waals surface area contributed by atoms with E-state index in [4.69, 9.17) is 5.11 Å². The van der Waals surface area contributed by atoms with Gasteiger partial charge in [-0.05, 0) is 46.9 Å². The average Bonchev–Trinajstić information content (AvgIpc) is 2.85. The molecular formula is C26H26N2O5. The fraction of sp³-hybridized carbons (Fsp3) is 0.192. The van der Waals surface area contributed by atoms with Gasteiger partial charge < -0.3 is 20.8 Å². The molecule has 33 heavy (non-hydrogen) atoms. The topological polar surface area (TPSA) is 116 Å². The van der Waals surface area contributed by atoms with Gasteiger partial charge in [0.05, 0.1) is 6.61 Å². The van der Waals surface area contributed by atoms with Crippen LogP contribution in [0, 0.1) is 0 Å². The number of carboxylic acids is 1. The molecule has 0 spiro atoms. The predicted octanol–water partition coefficient (Wildman–Crippen LogP) is 3.13. The fourth-order valence-electron chi connectivity index (χ4n) is 3.35. The third kappa shape index (κ3) is 7.02. The minimum absolute atomic E-state index is 0.0201. The lowest BCUT2D eigenvalue weighted by Crippen LogP contribution is -2.46. The number of rotatable bonds is 10. The lowest BCUT2D eigenvalue weighted by molar-refractivity contribution is -0.137. The van der Waals surface area contributed by atoms with Gasteiger partial charge in [-0.2, -0.15) is 0 Å². The van der Waals surface area contributed by atoms with Crippen LogP contribution in [0.25, 0.3) is 11.1 Å². The van der Waals surface area contributed by atoms with Crippen LogP contribution in [0.1, 0.15) is 34.3 Å². The first kappa shape index (κ1) is 23.7. The van der Waals surface area contributed by atoms with Crippen LogP contribution in [-0.4, -0.2) is 34.0 Å². The number of carboxylic acid groups (broad SMARTS) is 1.